The highest BCUT2D eigenvalue weighted by molar-refractivity contribution is 5.92. The van der Waals surface area contributed by atoms with E-state index in [-0.39, 0.29) is 18.5 Å². The van der Waals surface area contributed by atoms with E-state index < -0.39 is 11.6 Å². The minimum atomic E-state index is -0.889. The van der Waals surface area contributed by atoms with Gasteiger partial charge in [-0.1, -0.05) is 6.07 Å². The number of nitrogens with zero attached hydrogens (tertiary/aromatic N) is 1. The Hall–Kier alpha value is -2.47. The van der Waals surface area contributed by atoms with Crippen molar-refractivity contribution in [2.24, 2.45) is 0 Å². The number of amides is 1. The van der Waals surface area contributed by atoms with Crippen molar-refractivity contribution in [3.8, 4) is 0 Å². The summed E-state index contributed by atoms with van der Waals surface area (Å²) in [7, 11) is 0. The Morgan fingerprint density at radius 1 is 1.04 bits per heavy atom. The standard InChI is InChI=1S/C21H25F2N3O/c1-15(16-5-10-19(22)20(23)13-16)24-14-21(27)25-17-6-8-18(9-7-17)26-11-3-2-4-12-26/h5-10,13,15,24H,2-4,11-12,14H2,1H3,(H,25,27)/t15-/m0/s1. The van der Waals surface area contributed by atoms with E-state index in [1.54, 1.807) is 6.92 Å². The molecule has 144 valence electrons. The van der Waals surface area contributed by atoms with E-state index in [2.05, 4.69) is 15.5 Å². The van der Waals surface area contributed by atoms with E-state index in [1.165, 1.54) is 31.0 Å². The van der Waals surface area contributed by atoms with Crippen molar-refractivity contribution in [2.75, 3.05) is 29.9 Å². The van der Waals surface area contributed by atoms with Crippen LogP contribution in [0, 0.1) is 11.6 Å². The molecule has 6 heteroatoms. The highest BCUT2D eigenvalue weighted by Crippen LogP contribution is 2.22. The third-order valence-corrected chi connectivity index (χ3v) is 4.88. The van der Waals surface area contributed by atoms with Crippen molar-refractivity contribution >= 4 is 17.3 Å². The predicted octanol–water partition coefficient (Wildman–Crippen LogP) is 4.24. The van der Waals surface area contributed by atoms with E-state index in [9.17, 15) is 13.6 Å². The maximum Gasteiger partial charge on any atom is 0.238 e. The molecule has 1 amide bonds. The van der Waals surface area contributed by atoms with Gasteiger partial charge in [-0.3, -0.25) is 4.79 Å². The molecule has 2 N–H and O–H groups in total. The molecule has 0 aromatic heterocycles. The number of piperidine rings is 1. The first-order valence-electron chi connectivity index (χ1n) is 9.36. The number of carbonyl (C=O) groups is 1. The number of hydrogen-bond donors (Lipinski definition) is 2. The fraction of sp³-hybridized carbons (Fsp3) is 0.381. The fourth-order valence-corrected chi connectivity index (χ4v) is 3.26. The van der Waals surface area contributed by atoms with Gasteiger partial charge in [0.1, 0.15) is 0 Å². The molecule has 0 spiro atoms. The lowest BCUT2D eigenvalue weighted by molar-refractivity contribution is -0.115. The van der Waals surface area contributed by atoms with Gasteiger partial charge in [0.25, 0.3) is 0 Å². The van der Waals surface area contributed by atoms with E-state index in [4.69, 9.17) is 0 Å². The summed E-state index contributed by atoms with van der Waals surface area (Å²) in [5.74, 6) is -1.95. The van der Waals surface area contributed by atoms with Gasteiger partial charge in [0.2, 0.25) is 5.91 Å². The summed E-state index contributed by atoms with van der Waals surface area (Å²) < 4.78 is 26.3. The normalized spacial score (nSPS) is 15.4. The van der Waals surface area contributed by atoms with Gasteiger partial charge in [-0.05, 0) is 68.1 Å². The molecule has 4 nitrogen and oxygen atoms in total. The molecule has 1 heterocycles. The van der Waals surface area contributed by atoms with Crippen molar-refractivity contribution in [1.82, 2.24) is 5.32 Å². The van der Waals surface area contributed by atoms with Crippen LogP contribution in [0.2, 0.25) is 0 Å². The molecule has 1 atom stereocenters. The third-order valence-electron chi connectivity index (χ3n) is 4.88. The van der Waals surface area contributed by atoms with Crippen LogP contribution in [0.1, 0.15) is 37.8 Å². The summed E-state index contributed by atoms with van der Waals surface area (Å²) in [5.41, 5.74) is 2.51. The first kappa shape index (κ1) is 19.3. The molecule has 1 saturated heterocycles. The predicted molar refractivity (Wildman–Crippen MR) is 104 cm³/mol. The largest absolute Gasteiger partial charge is 0.372 e. The molecular formula is C21H25F2N3O. The van der Waals surface area contributed by atoms with Crippen molar-refractivity contribution in [1.29, 1.82) is 0 Å². The molecule has 3 rings (SSSR count). The highest BCUT2D eigenvalue weighted by Gasteiger charge is 2.12. The van der Waals surface area contributed by atoms with Gasteiger partial charge in [-0.15, -0.1) is 0 Å². The molecule has 0 saturated carbocycles. The molecule has 1 fully saturated rings. The summed E-state index contributed by atoms with van der Waals surface area (Å²) in [4.78, 5) is 14.5. The van der Waals surface area contributed by atoms with Crippen molar-refractivity contribution in [3.05, 3.63) is 59.7 Å². The Bertz CT molecular complexity index is 773. The second kappa shape index (κ2) is 8.95. The molecule has 2 aromatic rings. The summed E-state index contributed by atoms with van der Waals surface area (Å²) in [6.45, 7) is 4.04. The number of halogens is 2. The lowest BCUT2D eigenvalue weighted by atomic mass is 10.1. The Kier molecular flexibility index (Phi) is 6.40. The summed E-state index contributed by atoms with van der Waals surface area (Å²) in [5, 5.41) is 5.86. The van der Waals surface area contributed by atoms with Crippen LogP contribution in [-0.2, 0) is 4.79 Å². The minimum absolute atomic E-state index is 0.0774. The van der Waals surface area contributed by atoms with Crippen LogP contribution in [0.3, 0.4) is 0 Å². The lowest BCUT2D eigenvalue weighted by Crippen LogP contribution is -2.30. The zero-order chi connectivity index (χ0) is 19.2. The van der Waals surface area contributed by atoms with Crippen LogP contribution in [-0.4, -0.2) is 25.5 Å². The van der Waals surface area contributed by atoms with Crippen molar-refractivity contribution in [3.63, 3.8) is 0 Å². The Morgan fingerprint density at radius 2 is 1.74 bits per heavy atom. The fourth-order valence-electron chi connectivity index (χ4n) is 3.26. The van der Waals surface area contributed by atoms with Gasteiger partial charge in [0, 0.05) is 30.5 Å². The minimum Gasteiger partial charge on any atom is -0.372 e. The maximum atomic E-state index is 13.3. The quantitative estimate of drug-likeness (QED) is 0.796. The van der Waals surface area contributed by atoms with Crippen LogP contribution in [0.15, 0.2) is 42.5 Å². The number of anilines is 2. The average Bonchev–Trinajstić information content (AvgIpc) is 2.69. The third kappa shape index (κ3) is 5.26. The molecule has 0 bridgehead atoms. The number of benzene rings is 2. The molecule has 0 radical (unpaired) electrons. The first-order chi connectivity index (χ1) is 13.0. The van der Waals surface area contributed by atoms with Crippen LogP contribution in [0.4, 0.5) is 20.2 Å². The average molecular weight is 373 g/mol. The van der Waals surface area contributed by atoms with Crippen LogP contribution in [0.5, 0.6) is 0 Å². The van der Waals surface area contributed by atoms with Crippen LogP contribution < -0.4 is 15.5 Å². The van der Waals surface area contributed by atoms with Gasteiger partial charge in [-0.2, -0.15) is 0 Å². The molecule has 1 aliphatic heterocycles. The van der Waals surface area contributed by atoms with Crippen LogP contribution >= 0.6 is 0 Å². The summed E-state index contributed by atoms with van der Waals surface area (Å²) >= 11 is 0. The number of hydrogen-bond acceptors (Lipinski definition) is 3. The van der Waals surface area contributed by atoms with Crippen molar-refractivity contribution < 1.29 is 13.6 Å². The van der Waals surface area contributed by atoms with Gasteiger partial charge >= 0.3 is 0 Å². The summed E-state index contributed by atoms with van der Waals surface area (Å²) in [6.07, 6.45) is 3.74. The maximum absolute atomic E-state index is 13.3. The molecule has 2 aromatic carbocycles. The number of rotatable bonds is 6. The van der Waals surface area contributed by atoms with E-state index >= 15 is 0 Å². The summed E-state index contributed by atoms with van der Waals surface area (Å²) in [6, 6.07) is 11.3. The SMILES string of the molecule is C[C@H](NCC(=O)Nc1ccc(N2CCCCC2)cc1)c1ccc(F)c(F)c1. The smallest absolute Gasteiger partial charge is 0.238 e. The number of nitrogens with one attached hydrogen (secondary N) is 2. The van der Waals surface area contributed by atoms with Gasteiger partial charge < -0.3 is 15.5 Å². The second-order valence-corrected chi connectivity index (χ2v) is 6.92. The van der Waals surface area contributed by atoms with Gasteiger partial charge in [-0.25, -0.2) is 8.78 Å². The van der Waals surface area contributed by atoms with Crippen molar-refractivity contribution in [2.45, 2.75) is 32.2 Å². The molecule has 0 unspecified atom stereocenters. The van der Waals surface area contributed by atoms with Gasteiger partial charge in [0.05, 0.1) is 6.54 Å². The first-order valence-corrected chi connectivity index (χ1v) is 9.36. The Balaban J connectivity index is 1.49. The van der Waals surface area contributed by atoms with E-state index in [1.807, 2.05) is 24.3 Å². The number of carbonyl (C=O) groups excluding carboxylic acids is 1. The molecule has 0 aliphatic carbocycles. The lowest BCUT2D eigenvalue weighted by Gasteiger charge is -2.28. The molecule has 27 heavy (non-hydrogen) atoms. The van der Waals surface area contributed by atoms with Gasteiger partial charge in [0.15, 0.2) is 11.6 Å². The topological polar surface area (TPSA) is 44.4 Å². The monoisotopic (exact) mass is 373 g/mol. The molecule has 1 aliphatic rings. The van der Waals surface area contributed by atoms with Crippen LogP contribution in [0.25, 0.3) is 0 Å². The van der Waals surface area contributed by atoms with E-state index in [0.29, 0.717) is 5.56 Å². The zero-order valence-corrected chi connectivity index (χ0v) is 15.5. The highest BCUT2D eigenvalue weighted by atomic mass is 19.2. The Morgan fingerprint density at radius 3 is 2.41 bits per heavy atom. The zero-order valence-electron chi connectivity index (χ0n) is 15.5. The Labute approximate surface area is 158 Å². The second-order valence-electron chi connectivity index (χ2n) is 6.92. The molecular weight excluding hydrogens is 348 g/mol. The van der Waals surface area contributed by atoms with E-state index in [0.717, 1.165) is 30.9 Å².